The van der Waals surface area contributed by atoms with Gasteiger partial charge in [0.2, 0.25) is 0 Å². The minimum Gasteiger partial charge on any atom is -0.490 e. The number of benzene rings is 3. The predicted molar refractivity (Wildman–Crippen MR) is 157 cm³/mol. The van der Waals surface area contributed by atoms with E-state index in [1.807, 2.05) is 42.5 Å². The first-order valence-corrected chi connectivity index (χ1v) is 14.0. The highest BCUT2D eigenvalue weighted by Gasteiger charge is 2.20. The van der Waals surface area contributed by atoms with Gasteiger partial charge in [-0.1, -0.05) is 65.1 Å². The molecule has 3 N–H and O–H groups in total. The summed E-state index contributed by atoms with van der Waals surface area (Å²) in [7, 11) is 0. The molecule has 1 saturated carbocycles. The van der Waals surface area contributed by atoms with E-state index in [1.165, 1.54) is 18.4 Å². The number of rotatable bonds is 10. The Hall–Kier alpha value is -2.74. The molecule has 0 aromatic heterocycles. The molecule has 3 aromatic rings. The van der Waals surface area contributed by atoms with Gasteiger partial charge in [-0.3, -0.25) is 0 Å². The van der Waals surface area contributed by atoms with Crippen LogP contribution in [-0.2, 0) is 11.3 Å². The normalized spacial score (nSPS) is 14.8. The smallest absolute Gasteiger partial charge is 0.333 e. The quantitative estimate of drug-likeness (QED) is 0.224. The number of hydrogen-bond acceptors (Lipinski definition) is 5. The molecule has 1 fully saturated rings. The van der Waals surface area contributed by atoms with Crippen molar-refractivity contribution in [2.45, 2.75) is 31.8 Å². The molecule has 1 aliphatic heterocycles. The highest BCUT2D eigenvalue weighted by molar-refractivity contribution is 6.34. The van der Waals surface area contributed by atoms with Gasteiger partial charge in [0, 0.05) is 35.2 Å². The van der Waals surface area contributed by atoms with Crippen LogP contribution in [0, 0.1) is 0 Å². The van der Waals surface area contributed by atoms with Gasteiger partial charge in [-0.25, -0.2) is 4.79 Å². The molecule has 5 rings (SSSR count). The third kappa shape index (κ3) is 9.16. The van der Waals surface area contributed by atoms with E-state index in [9.17, 15) is 9.90 Å². The molecule has 0 bridgehead atoms. The molecule has 0 radical (unpaired) electrons. The summed E-state index contributed by atoms with van der Waals surface area (Å²) in [6.45, 7) is 2.72. The first-order valence-electron chi connectivity index (χ1n) is 12.8. The van der Waals surface area contributed by atoms with Crippen LogP contribution in [-0.4, -0.2) is 43.4 Å². The van der Waals surface area contributed by atoms with Gasteiger partial charge in [0.05, 0.1) is 10.6 Å². The summed E-state index contributed by atoms with van der Waals surface area (Å²) >= 11 is 18.0. The van der Waals surface area contributed by atoms with Gasteiger partial charge in [-0.2, -0.15) is 0 Å². The second kappa shape index (κ2) is 14.6. The molecule has 1 aliphatic carbocycles. The van der Waals surface area contributed by atoms with Crippen LogP contribution in [0.2, 0.25) is 15.1 Å². The molecular formula is C30H31Cl3N2O4. The SMILES string of the molecule is Clc1ccccc1CNC1CC1.O=C(O)C1=C(c2ccc(OCCOc3cc(Cl)ccc3Cl)cc2)CCNC1. The van der Waals surface area contributed by atoms with E-state index in [2.05, 4.69) is 16.7 Å². The lowest BCUT2D eigenvalue weighted by molar-refractivity contribution is -0.132. The first-order chi connectivity index (χ1) is 18.9. The lowest BCUT2D eigenvalue weighted by Crippen LogP contribution is -2.28. The number of halogens is 3. The van der Waals surface area contributed by atoms with Gasteiger partial charge in [0.25, 0.3) is 0 Å². The van der Waals surface area contributed by atoms with E-state index >= 15 is 0 Å². The van der Waals surface area contributed by atoms with E-state index in [1.54, 1.807) is 18.2 Å². The number of carbonyl (C=O) groups is 1. The number of hydrogen-bond donors (Lipinski definition) is 3. The van der Waals surface area contributed by atoms with Gasteiger partial charge >= 0.3 is 5.97 Å². The van der Waals surface area contributed by atoms with E-state index in [0.29, 0.717) is 53.3 Å². The van der Waals surface area contributed by atoms with Crippen molar-refractivity contribution < 1.29 is 19.4 Å². The Morgan fingerprint density at radius 1 is 0.949 bits per heavy atom. The predicted octanol–water partition coefficient (Wildman–Crippen LogP) is 6.87. The summed E-state index contributed by atoms with van der Waals surface area (Å²) < 4.78 is 11.2. The molecule has 1 heterocycles. The Morgan fingerprint density at radius 2 is 1.69 bits per heavy atom. The Labute approximate surface area is 243 Å². The van der Waals surface area contributed by atoms with Crippen molar-refractivity contribution in [3.8, 4) is 11.5 Å². The molecule has 0 unspecified atom stereocenters. The summed E-state index contributed by atoms with van der Waals surface area (Å²) in [6, 6.07) is 21.2. The molecule has 0 spiro atoms. The highest BCUT2D eigenvalue weighted by Crippen LogP contribution is 2.28. The van der Waals surface area contributed by atoms with Gasteiger partial charge in [0.1, 0.15) is 24.7 Å². The molecule has 2 aliphatic rings. The first kappa shape index (κ1) is 29.2. The summed E-state index contributed by atoms with van der Waals surface area (Å²) in [5.41, 5.74) is 3.39. The van der Waals surface area contributed by atoms with E-state index in [-0.39, 0.29) is 0 Å². The fourth-order valence-corrected chi connectivity index (χ4v) is 4.58. The zero-order chi connectivity index (χ0) is 27.6. The van der Waals surface area contributed by atoms with E-state index in [4.69, 9.17) is 44.3 Å². The Kier molecular flexibility index (Phi) is 10.9. The number of carboxylic acid groups (broad SMARTS) is 1. The van der Waals surface area contributed by atoms with E-state index in [0.717, 1.165) is 35.3 Å². The molecule has 0 amide bonds. The molecule has 0 atom stereocenters. The second-order valence-electron chi connectivity index (χ2n) is 9.23. The average molecular weight is 590 g/mol. The van der Waals surface area contributed by atoms with Gasteiger partial charge in [-0.15, -0.1) is 0 Å². The van der Waals surface area contributed by atoms with Crippen molar-refractivity contribution in [1.82, 2.24) is 10.6 Å². The Bertz CT molecular complexity index is 1290. The van der Waals surface area contributed by atoms with Gasteiger partial charge in [-0.05, 0) is 72.8 Å². The molecule has 3 aromatic carbocycles. The minimum absolute atomic E-state index is 0.321. The van der Waals surface area contributed by atoms with Crippen molar-refractivity contribution in [2.24, 2.45) is 0 Å². The number of nitrogens with one attached hydrogen (secondary N) is 2. The lowest BCUT2D eigenvalue weighted by Gasteiger charge is -2.19. The van der Waals surface area contributed by atoms with Crippen LogP contribution in [0.25, 0.3) is 5.57 Å². The van der Waals surface area contributed by atoms with Gasteiger partial charge in [0.15, 0.2) is 0 Å². The maximum absolute atomic E-state index is 11.4. The van der Waals surface area contributed by atoms with Crippen LogP contribution in [0.1, 0.15) is 30.4 Å². The van der Waals surface area contributed by atoms with Crippen LogP contribution in [0.15, 0.2) is 72.3 Å². The average Bonchev–Trinajstić information content (AvgIpc) is 3.78. The monoisotopic (exact) mass is 588 g/mol. The maximum Gasteiger partial charge on any atom is 0.333 e. The number of carboxylic acids is 1. The topological polar surface area (TPSA) is 79.8 Å². The molecule has 9 heteroatoms. The summed E-state index contributed by atoms with van der Waals surface area (Å²) in [6.07, 6.45) is 3.34. The van der Waals surface area contributed by atoms with Crippen LogP contribution in [0.5, 0.6) is 11.5 Å². The fraction of sp³-hybridized carbons (Fsp3) is 0.300. The zero-order valence-electron chi connectivity index (χ0n) is 21.4. The fourth-order valence-electron chi connectivity index (χ4n) is 4.04. The summed E-state index contributed by atoms with van der Waals surface area (Å²) in [5.74, 6) is 0.322. The van der Waals surface area contributed by atoms with Crippen molar-refractivity contribution in [2.75, 3.05) is 26.3 Å². The van der Waals surface area contributed by atoms with Crippen LogP contribution >= 0.6 is 34.8 Å². The number of aliphatic carboxylic acids is 1. The maximum atomic E-state index is 11.4. The molecular weight excluding hydrogens is 559 g/mol. The highest BCUT2D eigenvalue weighted by atomic mass is 35.5. The van der Waals surface area contributed by atoms with Crippen molar-refractivity contribution in [3.05, 3.63) is 98.5 Å². The Morgan fingerprint density at radius 3 is 2.41 bits per heavy atom. The molecule has 6 nitrogen and oxygen atoms in total. The van der Waals surface area contributed by atoms with Crippen LogP contribution in [0.4, 0.5) is 0 Å². The molecule has 206 valence electrons. The van der Waals surface area contributed by atoms with Crippen LogP contribution in [0.3, 0.4) is 0 Å². The number of ether oxygens (including phenoxy) is 2. The van der Waals surface area contributed by atoms with Gasteiger partial charge < -0.3 is 25.2 Å². The van der Waals surface area contributed by atoms with Crippen molar-refractivity contribution in [3.63, 3.8) is 0 Å². The Balaban J connectivity index is 0.000000243. The third-order valence-corrected chi connectivity index (χ3v) is 7.21. The standard InChI is InChI=1S/C20H19Cl2NO4.C10H12ClN/c21-14-3-6-18(22)19(11-14)27-10-9-26-15-4-1-13(2-5-15)16-7-8-23-12-17(16)20(24)25;11-10-4-2-1-3-8(10)7-12-9-5-6-9/h1-6,11,23H,7-10,12H2,(H,24,25);1-4,9,12H,5-7H2. The summed E-state index contributed by atoms with van der Waals surface area (Å²) in [5, 5.41) is 17.8. The van der Waals surface area contributed by atoms with Crippen molar-refractivity contribution in [1.29, 1.82) is 0 Å². The third-order valence-electron chi connectivity index (χ3n) is 6.30. The molecule has 39 heavy (non-hydrogen) atoms. The molecule has 0 saturated heterocycles. The second-order valence-corrected chi connectivity index (χ2v) is 10.5. The van der Waals surface area contributed by atoms with Crippen molar-refractivity contribution >= 4 is 46.3 Å². The van der Waals surface area contributed by atoms with E-state index < -0.39 is 5.97 Å². The van der Waals surface area contributed by atoms with Crippen LogP contribution < -0.4 is 20.1 Å². The lowest BCUT2D eigenvalue weighted by atomic mass is 9.94. The minimum atomic E-state index is -0.880. The zero-order valence-corrected chi connectivity index (χ0v) is 23.7. The summed E-state index contributed by atoms with van der Waals surface area (Å²) in [4.78, 5) is 11.4. The largest absolute Gasteiger partial charge is 0.490 e.